The molecule has 3 aromatic rings. The van der Waals surface area contributed by atoms with Gasteiger partial charge in [-0.2, -0.15) is 0 Å². The van der Waals surface area contributed by atoms with Gasteiger partial charge in [0.1, 0.15) is 5.70 Å². The summed E-state index contributed by atoms with van der Waals surface area (Å²) in [5, 5.41) is 0.291. The first kappa shape index (κ1) is 24.1. The highest BCUT2D eigenvalue weighted by atomic mass is 35.5. The van der Waals surface area contributed by atoms with Gasteiger partial charge in [-0.05, 0) is 54.1 Å². The number of hydrazine groups is 1. The van der Waals surface area contributed by atoms with Gasteiger partial charge in [-0.15, -0.1) is 0 Å². The van der Waals surface area contributed by atoms with Crippen LogP contribution >= 0.6 is 11.6 Å². The summed E-state index contributed by atoms with van der Waals surface area (Å²) in [5.41, 5.74) is 2.40. The van der Waals surface area contributed by atoms with Crippen LogP contribution < -0.4 is 25.0 Å². The number of nitrogens with zero attached hydrogens (tertiary/aromatic N) is 1. The van der Waals surface area contributed by atoms with E-state index in [1.165, 1.54) is 44.6 Å². The minimum Gasteiger partial charge on any atom is -0.493 e. The fourth-order valence-corrected chi connectivity index (χ4v) is 4.78. The number of benzene rings is 3. The molecule has 3 aromatic carbocycles. The van der Waals surface area contributed by atoms with Crippen LogP contribution in [0.1, 0.15) is 5.56 Å². The molecule has 0 saturated heterocycles. The molecular weight excluding hydrogens is 466 g/mol. The molecule has 0 radical (unpaired) electrons. The summed E-state index contributed by atoms with van der Waals surface area (Å²) in [5.74, 6) is 5.47. The molecule has 0 bridgehead atoms. The molecule has 0 aliphatic heterocycles. The predicted octanol–water partition coefficient (Wildman–Crippen LogP) is 3.58. The van der Waals surface area contributed by atoms with Gasteiger partial charge in [-0.25, -0.2) is 18.6 Å². The maximum absolute atomic E-state index is 13.7. The molecule has 0 aromatic heterocycles. The Bertz CT molecular complexity index is 1280. The summed E-state index contributed by atoms with van der Waals surface area (Å²) in [6.45, 7) is 0. The zero-order valence-corrected chi connectivity index (χ0v) is 19.4. The Morgan fingerprint density at radius 1 is 0.970 bits per heavy atom. The molecule has 0 saturated carbocycles. The van der Waals surface area contributed by atoms with E-state index < -0.39 is 15.9 Å². The second-order valence-electron chi connectivity index (χ2n) is 6.68. The third-order valence-corrected chi connectivity index (χ3v) is 6.61. The number of hydrogen-bond acceptors (Lipinski definition) is 6. The monoisotopic (exact) mass is 487 g/mol. The van der Waals surface area contributed by atoms with Crippen LogP contribution in [0.4, 0.5) is 5.69 Å². The molecule has 33 heavy (non-hydrogen) atoms. The quantitative estimate of drug-likeness (QED) is 0.217. The average Bonchev–Trinajstić information content (AvgIpc) is 2.83. The molecule has 10 heteroatoms. The second kappa shape index (κ2) is 10.4. The Labute approximate surface area is 197 Å². The van der Waals surface area contributed by atoms with Crippen molar-refractivity contribution in [1.29, 1.82) is 0 Å². The van der Waals surface area contributed by atoms with Crippen molar-refractivity contribution >= 4 is 39.3 Å². The van der Waals surface area contributed by atoms with Crippen molar-refractivity contribution in [2.24, 2.45) is 5.84 Å². The van der Waals surface area contributed by atoms with Gasteiger partial charge >= 0.3 is 0 Å². The van der Waals surface area contributed by atoms with Gasteiger partial charge < -0.3 is 9.47 Å². The highest BCUT2D eigenvalue weighted by molar-refractivity contribution is 7.93. The lowest BCUT2D eigenvalue weighted by Gasteiger charge is -2.26. The van der Waals surface area contributed by atoms with Crippen LogP contribution in [0.5, 0.6) is 11.5 Å². The summed E-state index contributed by atoms with van der Waals surface area (Å²) in [6, 6.07) is 18.8. The summed E-state index contributed by atoms with van der Waals surface area (Å²) >= 11 is 6.14. The Morgan fingerprint density at radius 3 is 2.27 bits per heavy atom. The molecule has 0 unspecified atom stereocenters. The van der Waals surface area contributed by atoms with Crippen molar-refractivity contribution in [2.75, 3.05) is 18.5 Å². The highest BCUT2D eigenvalue weighted by Gasteiger charge is 2.32. The fourth-order valence-electron chi connectivity index (χ4n) is 3.10. The summed E-state index contributed by atoms with van der Waals surface area (Å²) in [6.07, 6.45) is 1.38. The summed E-state index contributed by atoms with van der Waals surface area (Å²) < 4.78 is 38.8. The maximum Gasteiger partial charge on any atom is 0.282 e. The molecule has 3 rings (SSSR count). The third kappa shape index (κ3) is 5.28. The first-order chi connectivity index (χ1) is 15.8. The number of anilines is 1. The lowest BCUT2D eigenvalue weighted by Crippen LogP contribution is -2.41. The standard InChI is InChI=1S/C23H22ClN3O5S/c1-31-21-12-11-16(14-22(21)32-2)13-20(23(28)26-25)27(18-8-6-7-17(24)15-18)33(29,30)19-9-4-3-5-10-19/h3-15H,25H2,1-2H3,(H,26,28). The van der Waals surface area contributed by atoms with E-state index in [2.05, 4.69) is 0 Å². The maximum atomic E-state index is 13.7. The van der Waals surface area contributed by atoms with E-state index >= 15 is 0 Å². The molecule has 0 fully saturated rings. The topological polar surface area (TPSA) is 111 Å². The molecule has 1 amide bonds. The first-order valence-corrected chi connectivity index (χ1v) is 11.4. The molecule has 8 nitrogen and oxygen atoms in total. The van der Waals surface area contributed by atoms with E-state index in [9.17, 15) is 13.2 Å². The van der Waals surface area contributed by atoms with E-state index in [-0.39, 0.29) is 16.3 Å². The molecule has 0 heterocycles. The van der Waals surface area contributed by atoms with Crippen molar-refractivity contribution in [2.45, 2.75) is 4.90 Å². The lowest BCUT2D eigenvalue weighted by atomic mass is 10.1. The van der Waals surface area contributed by atoms with E-state index in [0.29, 0.717) is 22.1 Å². The SMILES string of the molecule is COc1ccc(C=C(C(=O)NN)N(c2cccc(Cl)c2)S(=O)(=O)c2ccccc2)cc1OC. The van der Waals surface area contributed by atoms with Gasteiger partial charge in [0, 0.05) is 5.02 Å². The normalized spacial score (nSPS) is 11.6. The number of methoxy groups -OCH3 is 2. The number of hydrogen-bond donors (Lipinski definition) is 2. The second-order valence-corrected chi connectivity index (χ2v) is 8.90. The molecule has 172 valence electrons. The number of halogens is 1. The van der Waals surface area contributed by atoms with Gasteiger partial charge in [0.2, 0.25) is 0 Å². The van der Waals surface area contributed by atoms with Crippen LogP contribution in [0.3, 0.4) is 0 Å². The van der Waals surface area contributed by atoms with Crippen molar-refractivity contribution in [1.82, 2.24) is 5.43 Å². The number of amides is 1. The smallest absolute Gasteiger partial charge is 0.282 e. The lowest BCUT2D eigenvalue weighted by molar-refractivity contribution is -0.117. The number of rotatable bonds is 8. The van der Waals surface area contributed by atoms with Gasteiger partial charge in [0.25, 0.3) is 15.9 Å². The van der Waals surface area contributed by atoms with E-state index in [0.717, 1.165) is 4.31 Å². The van der Waals surface area contributed by atoms with Crippen LogP contribution in [0.2, 0.25) is 5.02 Å². The van der Waals surface area contributed by atoms with Gasteiger partial charge in [0.15, 0.2) is 11.5 Å². The zero-order valence-electron chi connectivity index (χ0n) is 17.9. The van der Waals surface area contributed by atoms with Crippen LogP contribution in [0, 0.1) is 0 Å². The van der Waals surface area contributed by atoms with Gasteiger partial charge in [-0.3, -0.25) is 10.2 Å². The van der Waals surface area contributed by atoms with Crippen molar-refractivity contribution < 1.29 is 22.7 Å². The molecule has 3 N–H and O–H groups in total. The van der Waals surface area contributed by atoms with Gasteiger partial charge in [-0.1, -0.05) is 41.9 Å². The summed E-state index contributed by atoms with van der Waals surface area (Å²) in [7, 11) is -1.28. The molecular formula is C23H22ClN3O5S. The minimum atomic E-state index is -4.24. The van der Waals surface area contributed by atoms with Crippen LogP contribution in [0.25, 0.3) is 6.08 Å². The number of ether oxygens (including phenoxy) is 2. The number of carbonyl (C=O) groups excluding carboxylic acids is 1. The average molecular weight is 488 g/mol. The van der Waals surface area contributed by atoms with Crippen molar-refractivity contribution in [3.63, 3.8) is 0 Å². The predicted molar refractivity (Wildman–Crippen MR) is 127 cm³/mol. The Hall–Kier alpha value is -3.53. The molecule has 0 aliphatic carbocycles. The van der Waals surface area contributed by atoms with Crippen LogP contribution in [-0.4, -0.2) is 28.5 Å². The van der Waals surface area contributed by atoms with Crippen LogP contribution in [-0.2, 0) is 14.8 Å². The highest BCUT2D eigenvalue weighted by Crippen LogP contribution is 2.33. The molecule has 0 spiro atoms. The van der Waals surface area contributed by atoms with E-state index in [1.807, 2.05) is 5.43 Å². The number of nitrogens with two attached hydrogens (primary N) is 1. The Balaban J connectivity index is 2.28. The largest absolute Gasteiger partial charge is 0.493 e. The minimum absolute atomic E-state index is 0.0204. The number of sulfonamides is 1. The van der Waals surface area contributed by atoms with E-state index in [1.54, 1.807) is 48.5 Å². The number of carbonyl (C=O) groups is 1. The van der Waals surface area contributed by atoms with Gasteiger partial charge in [0.05, 0.1) is 24.8 Å². The molecule has 0 atom stereocenters. The fraction of sp³-hybridized carbons (Fsp3) is 0.0870. The Morgan fingerprint density at radius 2 is 1.67 bits per heavy atom. The number of nitrogens with one attached hydrogen (secondary N) is 1. The zero-order chi connectivity index (χ0) is 24.0. The van der Waals surface area contributed by atoms with Crippen LogP contribution in [0.15, 0.2) is 83.4 Å². The third-order valence-electron chi connectivity index (χ3n) is 4.62. The first-order valence-electron chi connectivity index (χ1n) is 9.62. The summed E-state index contributed by atoms with van der Waals surface area (Å²) in [4.78, 5) is 12.9. The van der Waals surface area contributed by atoms with Crippen molar-refractivity contribution in [3.8, 4) is 11.5 Å². The Kier molecular flexibility index (Phi) is 7.59. The molecule has 0 aliphatic rings. The van der Waals surface area contributed by atoms with E-state index in [4.69, 9.17) is 26.9 Å². The van der Waals surface area contributed by atoms with Crippen molar-refractivity contribution in [3.05, 3.63) is 89.1 Å².